The number of carboxylic acid groups (broad SMARTS) is 1. The fourth-order valence-electron chi connectivity index (χ4n) is 3.73. The van der Waals surface area contributed by atoms with Gasteiger partial charge in [-0.05, 0) is 34.4 Å². The van der Waals surface area contributed by atoms with Crippen molar-refractivity contribution in [3.8, 4) is 16.9 Å². The highest BCUT2D eigenvalue weighted by Crippen LogP contribution is 2.44. The van der Waals surface area contributed by atoms with E-state index in [1.807, 2.05) is 48.5 Å². The van der Waals surface area contributed by atoms with Gasteiger partial charge in [-0.15, -0.1) is 0 Å². The van der Waals surface area contributed by atoms with Gasteiger partial charge in [-0.1, -0.05) is 54.6 Å². The molecule has 4 rings (SSSR count). The number of amides is 1. The van der Waals surface area contributed by atoms with Crippen molar-refractivity contribution in [2.24, 2.45) is 0 Å². The Morgan fingerprint density at radius 3 is 2.10 bits per heavy atom. The standard InChI is InChI=1S/C23H19NO5/c25-16-7-5-6-15(12-16)24(13-22(26)27)23(28)29-14-21-19-10-3-1-8-17(19)18-9-2-4-11-20(18)21/h1-12,21,25H,13-14H2,(H,26,27). The summed E-state index contributed by atoms with van der Waals surface area (Å²) in [5.74, 6) is -1.37. The Bertz CT molecular complexity index is 1030. The lowest BCUT2D eigenvalue weighted by Gasteiger charge is -2.22. The van der Waals surface area contributed by atoms with Crippen LogP contribution in [0.25, 0.3) is 11.1 Å². The highest BCUT2D eigenvalue weighted by atomic mass is 16.6. The first kappa shape index (κ1) is 18.6. The molecule has 0 bridgehead atoms. The predicted molar refractivity (Wildman–Crippen MR) is 108 cm³/mol. The number of hydrogen-bond donors (Lipinski definition) is 2. The van der Waals surface area contributed by atoms with Crippen molar-refractivity contribution in [3.05, 3.63) is 83.9 Å². The second-order valence-corrected chi connectivity index (χ2v) is 6.80. The van der Waals surface area contributed by atoms with Gasteiger partial charge in [0.05, 0.1) is 5.69 Å². The molecule has 0 atom stereocenters. The Kier molecular flexibility index (Phi) is 4.91. The lowest BCUT2D eigenvalue weighted by atomic mass is 9.98. The Morgan fingerprint density at radius 2 is 1.52 bits per heavy atom. The van der Waals surface area contributed by atoms with E-state index >= 15 is 0 Å². The zero-order chi connectivity index (χ0) is 20.4. The third-order valence-electron chi connectivity index (χ3n) is 4.99. The quantitative estimate of drug-likeness (QED) is 0.682. The third kappa shape index (κ3) is 3.65. The van der Waals surface area contributed by atoms with Crippen molar-refractivity contribution in [1.82, 2.24) is 0 Å². The van der Waals surface area contributed by atoms with Crippen molar-refractivity contribution in [3.63, 3.8) is 0 Å². The number of aromatic hydroxyl groups is 1. The van der Waals surface area contributed by atoms with E-state index in [0.29, 0.717) is 0 Å². The summed E-state index contributed by atoms with van der Waals surface area (Å²) in [6, 6.07) is 21.8. The van der Waals surface area contributed by atoms with Crippen LogP contribution in [0.3, 0.4) is 0 Å². The van der Waals surface area contributed by atoms with E-state index < -0.39 is 18.6 Å². The van der Waals surface area contributed by atoms with Crippen molar-refractivity contribution in [1.29, 1.82) is 0 Å². The maximum absolute atomic E-state index is 12.7. The molecule has 6 heteroatoms. The number of carbonyl (C=O) groups is 2. The Balaban J connectivity index is 1.57. The largest absolute Gasteiger partial charge is 0.508 e. The maximum atomic E-state index is 12.7. The highest BCUT2D eigenvalue weighted by molar-refractivity contribution is 5.93. The molecule has 0 saturated carbocycles. The number of rotatable bonds is 5. The second-order valence-electron chi connectivity index (χ2n) is 6.80. The van der Waals surface area contributed by atoms with Gasteiger partial charge in [-0.3, -0.25) is 9.69 Å². The number of anilines is 1. The number of carboxylic acids is 1. The van der Waals surface area contributed by atoms with E-state index in [0.717, 1.165) is 27.2 Å². The number of hydrogen-bond acceptors (Lipinski definition) is 4. The molecule has 0 radical (unpaired) electrons. The van der Waals surface area contributed by atoms with Gasteiger partial charge < -0.3 is 14.9 Å². The Hall–Kier alpha value is -3.80. The highest BCUT2D eigenvalue weighted by Gasteiger charge is 2.30. The smallest absolute Gasteiger partial charge is 0.414 e. The van der Waals surface area contributed by atoms with Crippen LogP contribution in [0.5, 0.6) is 5.75 Å². The van der Waals surface area contributed by atoms with Crippen molar-refractivity contribution >= 4 is 17.7 Å². The summed E-state index contributed by atoms with van der Waals surface area (Å²) in [4.78, 5) is 25.0. The molecule has 3 aromatic rings. The molecule has 29 heavy (non-hydrogen) atoms. The van der Waals surface area contributed by atoms with E-state index in [-0.39, 0.29) is 24.0 Å². The van der Waals surface area contributed by atoms with E-state index in [1.165, 1.54) is 18.2 Å². The van der Waals surface area contributed by atoms with E-state index in [4.69, 9.17) is 4.74 Å². The van der Waals surface area contributed by atoms with Crippen molar-refractivity contribution in [2.75, 3.05) is 18.1 Å². The number of benzene rings is 3. The lowest BCUT2D eigenvalue weighted by Crippen LogP contribution is -2.36. The average Bonchev–Trinajstić information content (AvgIpc) is 3.04. The number of phenols is 1. The molecule has 1 amide bonds. The molecule has 1 aliphatic carbocycles. The Morgan fingerprint density at radius 1 is 0.897 bits per heavy atom. The number of phenolic OH excluding ortho intramolecular Hbond substituents is 1. The summed E-state index contributed by atoms with van der Waals surface area (Å²) in [6.07, 6.45) is -0.778. The molecular weight excluding hydrogens is 370 g/mol. The van der Waals surface area contributed by atoms with Gasteiger partial charge in [-0.2, -0.15) is 0 Å². The first-order valence-corrected chi connectivity index (χ1v) is 9.18. The van der Waals surface area contributed by atoms with Gasteiger partial charge in [0, 0.05) is 12.0 Å². The van der Waals surface area contributed by atoms with Gasteiger partial charge >= 0.3 is 12.1 Å². The third-order valence-corrected chi connectivity index (χ3v) is 4.99. The Labute approximate surface area is 167 Å². The molecule has 146 valence electrons. The molecule has 2 N–H and O–H groups in total. The zero-order valence-corrected chi connectivity index (χ0v) is 15.5. The molecule has 6 nitrogen and oxygen atoms in total. The van der Waals surface area contributed by atoms with Crippen molar-refractivity contribution in [2.45, 2.75) is 5.92 Å². The summed E-state index contributed by atoms with van der Waals surface area (Å²) in [5.41, 5.74) is 4.62. The number of nitrogens with zero attached hydrogens (tertiary/aromatic N) is 1. The molecule has 1 aliphatic rings. The molecule has 0 spiro atoms. The maximum Gasteiger partial charge on any atom is 0.414 e. The molecular formula is C23H19NO5. The first-order chi connectivity index (χ1) is 14.0. The van der Waals surface area contributed by atoms with E-state index in [2.05, 4.69) is 0 Å². The van der Waals surface area contributed by atoms with E-state index in [9.17, 15) is 19.8 Å². The number of fused-ring (bicyclic) bond motifs is 3. The van der Waals surface area contributed by atoms with Gasteiger partial charge in [0.1, 0.15) is 18.9 Å². The summed E-state index contributed by atoms with van der Waals surface area (Å²) < 4.78 is 5.54. The zero-order valence-electron chi connectivity index (χ0n) is 15.5. The molecule has 0 heterocycles. The van der Waals surface area contributed by atoms with E-state index in [1.54, 1.807) is 6.07 Å². The fourth-order valence-corrected chi connectivity index (χ4v) is 3.73. The average molecular weight is 389 g/mol. The van der Waals surface area contributed by atoms with Crippen molar-refractivity contribution < 1.29 is 24.5 Å². The fraction of sp³-hybridized carbons (Fsp3) is 0.130. The van der Waals surface area contributed by atoms with Gasteiger partial charge in [0.25, 0.3) is 0 Å². The topological polar surface area (TPSA) is 87.1 Å². The summed E-state index contributed by atoms with van der Waals surface area (Å²) in [6.45, 7) is -0.484. The minimum atomic E-state index is -1.18. The van der Waals surface area contributed by atoms with Gasteiger partial charge in [0.2, 0.25) is 0 Å². The van der Waals surface area contributed by atoms with Crippen LogP contribution in [-0.2, 0) is 9.53 Å². The van der Waals surface area contributed by atoms with Crippen LogP contribution >= 0.6 is 0 Å². The second kappa shape index (κ2) is 7.67. The molecule has 3 aromatic carbocycles. The molecule has 0 fully saturated rings. The number of aliphatic carboxylic acids is 1. The monoisotopic (exact) mass is 389 g/mol. The molecule has 0 unspecified atom stereocenters. The summed E-state index contributed by atoms with van der Waals surface area (Å²) in [5, 5.41) is 18.9. The predicted octanol–water partition coefficient (Wildman–Crippen LogP) is 4.23. The lowest BCUT2D eigenvalue weighted by molar-refractivity contribution is -0.135. The molecule has 0 aromatic heterocycles. The van der Waals surface area contributed by atoms with Crippen LogP contribution in [0.2, 0.25) is 0 Å². The normalized spacial score (nSPS) is 12.1. The summed E-state index contributed by atoms with van der Waals surface area (Å²) in [7, 11) is 0. The van der Waals surface area contributed by atoms with Gasteiger partial charge in [-0.25, -0.2) is 4.79 Å². The van der Waals surface area contributed by atoms with Crippen LogP contribution in [-0.4, -0.2) is 35.4 Å². The SMILES string of the molecule is O=C(O)CN(C(=O)OCC1c2ccccc2-c2ccccc21)c1cccc(O)c1. The van der Waals surface area contributed by atoms with Crippen LogP contribution in [0.4, 0.5) is 10.5 Å². The van der Waals surface area contributed by atoms with Crippen LogP contribution in [0.1, 0.15) is 17.0 Å². The number of ether oxygens (including phenoxy) is 1. The summed E-state index contributed by atoms with van der Waals surface area (Å²) >= 11 is 0. The molecule has 0 aliphatic heterocycles. The van der Waals surface area contributed by atoms with Crippen LogP contribution in [0, 0.1) is 0 Å². The minimum absolute atomic E-state index is 0.0654. The minimum Gasteiger partial charge on any atom is -0.508 e. The van der Waals surface area contributed by atoms with Crippen LogP contribution in [0.15, 0.2) is 72.8 Å². The van der Waals surface area contributed by atoms with Gasteiger partial charge in [0.15, 0.2) is 0 Å². The van der Waals surface area contributed by atoms with Crippen LogP contribution < -0.4 is 4.90 Å². The number of carbonyl (C=O) groups excluding carboxylic acids is 1. The molecule has 0 saturated heterocycles. The first-order valence-electron chi connectivity index (χ1n) is 9.18.